The molecule has 63 heavy (non-hydrogen) atoms. The monoisotopic (exact) mass is 841 g/mol. The summed E-state index contributed by atoms with van der Waals surface area (Å²) < 4.78 is 11.1. The number of aliphatic hydroxyl groups is 2. The lowest BCUT2D eigenvalue weighted by Crippen LogP contribution is -2.53. The van der Waals surface area contributed by atoms with Crippen LogP contribution in [0.25, 0.3) is 21.9 Å². The lowest BCUT2D eigenvalue weighted by molar-refractivity contribution is -0.140. The molecule has 9 rings (SSSR count). The predicted molar refractivity (Wildman–Crippen MR) is 251 cm³/mol. The highest BCUT2D eigenvalue weighted by Gasteiger charge is 2.57. The Morgan fingerprint density at radius 3 is 2.33 bits per heavy atom. The summed E-state index contributed by atoms with van der Waals surface area (Å²) in [5.74, 6) is 0.742. The molecule has 324 valence electrons. The van der Waals surface area contributed by atoms with E-state index in [9.17, 15) is 15.0 Å². The number of hydrogen-bond donors (Lipinski definition) is 2. The summed E-state index contributed by atoms with van der Waals surface area (Å²) in [6.07, 6.45) is 6.02. The fourth-order valence-corrected chi connectivity index (χ4v) is 10.4. The van der Waals surface area contributed by atoms with E-state index in [1.807, 2.05) is 102 Å². The largest absolute Gasteiger partial charge is 0.493 e. The number of ether oxygens (including phenoxy) is 2. The van der Waals surface area contributed by atoms with Gasteiger partial charge in [0.05, 0.1) is 38.9 Å². The quantitative estimate of drug-likeness (QED) is 0.0996. The maximum absolute atomic E-state index is 15.2. The van der Waals surface area contributed by atoms with Crippen molar-refractivity contribution in [3.63, 3.8) is 0 Å². The van der Waals surface area contributed by atoms with E-state index in [4.69, 9.17) is 9.47 Å². The fourth-order valence-electron chi connectivity index (χ4n) is 10.4. The zero-order valence-electron chi connectivity index (χ0n) is 37.0. The second-order valence-corrected chi connectivity index (χ2v) is 17.9. The van der Waals surface area contributed by atoms with Gasteiger partial charge in [0.2, 0.25) is 5.91 Å². The Morgan fingerprint density at radius 1 is 0.778 bits per heavy atom. The summed E-state index contributed by atoms with van der Waals surface area (Å²) in [4.78, 5) is 31.9. The molecular weight excluding hydrogens is 783 g/mol. The third-order valence-electron chi connectivity index (χ3n) is 14.0. The molecule has 1 fully saturated rings. The molecule has 3 aliphatic carbocycles. The molecule has 0 unspecified atom stereocenters. The van der Waals surface area contributed by atoms with Crippen molar-refractivity contribution in [2.45, 2.75) is 89.4 Å². The van der Waals surface area contributed by atoms with Gasteiger partial charge in [-0.2, -0.15) is 0 Å². The summed E-state index contributed by atoms with van der Waals surface area (Å²) in [7, 11) is 3.18. The van der Waals surface area contributed by atoms with Crippen LogP contribution in [0.15, 0.2) is 145 Å². The van der Waals surface area contributed by atoms with Gasteiger partial charge in [-0.1, -0.05) is 134 Å². The van der Waals surface area contributed by atoms with Crippen LogP contribution in [0, 0.1) is 5.41 Å². The van der Waals surface area contributed by atoms with Gasteiger partial charge in [-0.05, 0) is 120 Å². The summed E-state index contributed by atoms with van der Waals surface area (Å²) in [5, 5.41) is 26.9. The molecule has 0 aromatic heterocycles. The summed E-state index contributed by atoms with van der Waals surface area (Å²) >= 11 is 0. The van der Waals surface area contributed by atoms with Gasteiger partial charge in [-0.3, -0.25) is 9.59 Å². The molecule has 4 atom stereocenters. The first-order valence-electron chi connectivity index (χ1n) is 22.3. The van der Waals surface area contributed by atoms with Gasteiger partial charge in [0, 0.05) is 23.1 Å². The van der Waals surface area contributed by atoms with E-state index < -0.39 is 17.1 Å². The summed E-state index contributed by atoms with van der Waals surface area (Å²) in [6, 6.07) is 43.9. The number of rotatable bonds is 11. The number of carbonyl (C=O) groups is 2. The van der Waals surface area contributed by atoms with Crippen LogP contribution in [0.3, 0.4) is 0 Å². The minimum absolute atomic E-state index is 0.0795. The van der Waals surface area contributed by atoms with E-state index in [0.717, 1.165) is 50.6 Å². The standard InChI is InChI=1S/C56H59NO6/c1-38-14-13-30-55(2)50(47-27-24-39(32-44(58)26-23-38)33-49(47)54(60)48-22-11-10-21-46(48)42-15-6-5-7-16-42)29-31-56(55,61)37-57(36-43-19-12-18-41-17-8-9-20-45(41)43)53(59)35-40-25-28-51(62-3)52(34-40)63-4/h5-12,14-22,24-25,27-28,33-34,44,50,58,61H,13,23,26,29-32,35-37H2,1-4H3/t44-,50-,55-,56+/m0/s1. The van der Waals surface area contributed by atoms with E-state index in [2.05, 4.69) is 56.3 Å². The van der Waals surface area contributed by atoms with Gasteiger partial charge in [-0.15, -0.1) is 0 Å². The molecule has 2 N–H and O–H groups in total. The molecule has 2 bridgehead atoms. The Morgan fingerprint density at radius 2 is 1.52 bits per heavy atom. The molecule has 0 radical (unpaired) electrons. The number of ketones is 1. The second-order valence-electron chi connectivity index (χ2n) is 17.9. The highest BCUT2D eigenvalue weighted by Crippen LogP contribution is 2.59. The van der Waals surface area contributed by atoms with E-state index >= 15 is 4.79 Å². The van der Waals surface area contributed by atoms with Crippen LogP contribution in [-0.2, 0) is 24.2 Å². The van der Waals surface area contributed by atoms with Gasteiger partial charge in [0.15, 0.2) is 17.3 Å². The zero-order chi connectivity index (χ0) is 44.1. The summed E-state index contributed by atoms with van der Waals surface area (Å²) in [6.45, 7) is 4.72. The Balaban J connectivity index is 1.22. The van der Waals surface area contributed by atoms with Crippen molar-refractivity contribution in [3.05, 3.63) is 178 Å². The minimum Gasteiger partial charge on any atom is -0.493 e. The van der Waals surface area contributed by atoms with Crippen LogP contribution >= 0.6 is 0 Å². The van der Waals surface area contributed by atoms with Crippen LogP contribution in [0.4, 0.5) is 0 Å². The third kappa shape index (κ3) is 9.09. The van der Waals surface area contributed by atoms with Crippen molar-refractivity contribution in [2.24, 2.45) is 5.41 Å². The first-order valence-corrected chi connectivity index (χ1v) is 22.3. The van der Waals surface area contributed by atoms with Crippen molar-refractivity contribution in [1.29, 1.82) is 0 Å². The first-order chi connectivity index (χ1) is 30.5. The number of methoxy groups -OCH3 is 2. The Bertz CT molecular complexity index is 2630. The smallest absolute Gasteiger partial charge is 0.227 e. The average molecular weight is 842 g/mol. The van der Waals surface area contributed by atoms with Gasteiger partial charge in [0.25, 0.3) is 0 Å². The molecule has 1 amide bonds. The lowest BCUT2D eigenvalue weighted by atomic mass is 9.64. The van der Waals surface area contributed by atoms with Gasteiger partial charge in [-0.25, -0.2) is 0 Å². The molecule has 7 heteroatoms. The second kappa shape index (κ2) is 18.8. The Kier molecular flexibility index (Phi) is 13.0. The molecule has 0 saturated heterocycles. The average Bonchev–Trinajstić information content (AvgIpc) is 3.56. The molecule has 6 aromatic rings. The molecular formula is C56H59NO6. The number of hydrogen-bond acceptors (Lipinski definition) is 6. The highest BCUT2D eigenvalue weighted by molar-refractivity contribution is 6.14. The molecule has 0 heterocycles. The van der Waals surface area contributed by atoms with Crippen LogP contribution in [0.2, 0.25) is 0 Å². The van der Waals surface area contributed by atoms with Gasteiger partial charge in [0.1, 0.15) is 0 Å². The highest BCUT2D eigenvalue weighted by atomic mass is 16.5. The number of amides is 1. The van der Waals surface area contributed by atoms with E-state index in [-0.39, 0.29) is 30.6 Å². The van der Waals surface area contributed by atoms with Crippen molar-refractivity contribution in [1.82, 2.24) is 4.90 Å². The minimum atomic E-state index is -1.31. The number of aliphatic hydroxyl groups excluding tert-OH is 1. The number of nitrogens with zero attached hydrogens (tertiary/aromatic N) is 1. The summed E-state index contributed by atoms with van der Waals surface area (Å²) in [5.41, 5.74) is 5.77. The topological polar surface area (TPSA) is 96.3 Å². The molecule has 0 spiro atoms. The number of carbonyl (C=O) groups excluding carboxylic acids is 2. The van der Waals surface area contributed by atoms with E-state index in [0.29, 0.717) is 67.7 Å². The van der Waals surface area contributed by atoms with Gasteiger partial charge >= 0.3 is 0 Å². The van der Waals surface area contributed by atoms with E-state index in [1.165, 1.54) is 5.57 Å². The number of fused-ring (bicyclic) bond motifs is 9. The molecule has 3 aliphatic rings. The van der Waals surface area contributed by atoms with E-state index in [1.54, 1.807) is 14.2 Å². The molecule has 7 nitrogen and oxygen atoms in total. The number of allylic oxidation sites excluding steroid dienone is 2. The predicted octanol–water partition coefficient (Wildman–Crippen LogP) is 11.1. The molecule has 0 aliphatic heterocycles. The van der Waals surface area contributed by atoms with Crippen LogP contribution in [0.1, 0.15) is 96.5 Å². The lowest BCUT2D eigenvalue weighted by Gasteiger charge is -2.46. The molecule has 1 saturated carbocycles. The Hall–Kier alpha value is -6.02. The fraction of sp³-hybridized carbons (Fsp3) is 0.321. The van der Waals surface area contributed by atoms with Crippen molar-refractivity contribution >= 4 is 22.5 Å². The van der Waals surface area contributed by atoms with Gasteiger partial charge < -0.3 is 24.6 Å². The normalized spacial score (nSPS) is 21.3. The van der Waals surface area contributed by atoms with Crippen LogP contribution in [0.5, 0.6) is 11.5 Å². The maximum Gasteiger partial charge on any atom is 0.227 e. The van der Waals surface area contributed by atoms with Crippen molar-refractivity contribution < 1.29 is 29.3 Å². The first kappa shape index (κ1) is 43.6. The van der Waals surface area contributed by atoms with Crippen LogP contribution in [-0.4, -0.2) is 59.3 Å². The molecule has 6 aromatic carbocycles. The Labute approximate surface area is 372 Å². The van der Waals surface area contributed by atoms with Crippen LogP contribution < -0.4 is 9.47 Å². The zero-order valence-corrected chi connectivity index (χ0v) is 37.0. The third-order valence-corrected chi connectivity index (χ3v) is 14.0. The number of benzene rings is 6. The van der Waals surface area contributed by atoms with Crippen molar-refractivity contribution in [2.75, 3.05) is 20.8 Å². The van der Waals surface area contributed by atoms with Crippen molar-refractivity contribution in [3.8, 4) is 22.6 Å². The maximum atomic E-state index is 15.2. The SMILES string of the molecule is COc1ccc(CC(=O)N(Cc2cccc3ccccc23)C[C@]2(O)CC[C@H]3c4ccc(cc4C(=O)c4ccccc4-c4ccccc4)C[C@@H](O)CCC(C)=CCC[C@@]32C)cc1OC.